The molecule has 0 amide bonds. The lowest BCUT2D eigenvalue weighted by atomic mass is 9.80. The Morgan fingerprint density at radius 3 is 2.51 bits per heavy atom. The molecule has 2 aromatic rings. The first kappa shape index (κ1) is 27.8. The number of ether oxygens (including phenoxy) is 2. The van der Waals surface area contributed by atoms with Gasteiger partial charge in [0.1, 0.15) is 11.5 Å². The maximum absolute atomic E-state index is 6.22. The molecule has 0 aliphatic heterocycles. The smallest absolute Gasteiger partial charge is 0.137 e. The molecule has 3 rings (SSSR count). The molecule has 0 bridgehead atoms. The Balaban J connectivity index is 1.33. The van der Waals surface area contributed by atoms with Gasteiger partial charge in [-0.25, -0.2) is 0 Å². The summed E-state index contributed by atoms with van der Waals surface area (Å²) in [5, 5.41) is 4.27. The van der Waals surface area contributed by atoms with Crippen molar-refractivity contribution >= 4 is 11.6 Å². The molecule has 1 aliphatic rings. The van der Waals surface area contributed by atoms with Crippen LogP contribution < -0.4 is 14.8 Å². The molecule has 1 aliphatic carbocycles. The summed E-state index contributed by atoms with van der Waals surface area (Å²) in [6.07, 6.45) is 9.73. The summed E-state index contributed by atoms with van der Waals surface area (Å²) in [5.41, 5.74) is 4.17. The molecule has 2 unspecified atom stereocenters. The first-order valence-electron chi connectivity index (χ1n) is 13.5. The van der Waals surface area contributed by atoms with Crippen molar-refractivity contribution in [3.05, 3.63) is 58.1 Å². The standard InChI is InChI=1S/C30H45ClN2O2/c1-5-18-33(26-20-23(2)30-25(22-26)11-10-12-29(30)35-4)19-9-7-6-8-16-32-17-15-24-13-14-28(34-3)27(31)21-24/h10-14,21,23,26,32H,5-9,15-20,22H2,1-4H3. The van der Waals surface area contributed by atoms with E-state index in [0.717, 1.165) is 37.4 Å². The van der Waals surface area contributed by atoms with E-state index >= 15 is 0 Å². The fourth-order valence-corrected chi connectivity index (χ4v) is 5.83. The number of rotatable bonds is 15. The summed E-state index contributed by atoms with van der Waals surface area (Å²) in [6, 6.07) is 13.3. The molecule has 5 heteroatoms. The number of hydrogen-bond acceptors (Lipinski definition) is 4. The monoisotopic (exact) mass is 500 g/mol. The highest BCUT2D eigenvalue weighted by Gasteiger charge is 2.29. The van der Waals surface area contributed by atoms with Gasteiger partial charge < -0.3 is 19.7 Å². The summed E-state index contributed by atoms with van der Waals surface area (Å²) in [6.45, 7) is 9.17. The van der Waals surface area contributed by atoms with Crippen molar-refractivity contribution in [2.24, 2.45) is 0 Å². The Kier molecular flexibility index (Phi) is 11.7. The van der Waals surface area contributed by atoms with E-state index in [2.05, 4.69) is 48.3 Å². The van der Waals surface area contributed by atoms with Crippen LogP contribution in [0.3, 0.4) is 0 Å². The Bertz CT molecular complexity index is 904. The second-order valence-electron chi connectivity index (χ2n) is 9.95. The molecule has 0 heterocycles. The number of benzene rings is 2. The molecule has 35 heavy (non-hydrogen) atoms. The fourth-order valence-electron chi connectivity index (χ4n) is 5.55. The molecule has 0 radical (unpaired) electrons. The fraction of sp³-hybridized carbons (Fsp3) is 0.600. The van der Waals surface area contributed by atoms with Crippen LogP contribution in [0.4, 0.5) is 0 Å². The van der Waals surface area contributed by atoms with Gasteiger partial charge in [0, 0.05) is 11.6 Å². The number of fused-ring (bicyclic) bond motifs is 1. The average molecular weight is 501 g/mol. The zero-order chi connectivity index (χ0) is 25.0. The maximum Gasteiger partial charge on any atom is 0.137 e. The van der Waals surface area contributed by atoms with E-state index in [0.29, 0.717) is 17.0 Å². The third-order valence-corrected chi connectivity index (χ3v) is 7.63. The maximum atomic E-state index is 6.22. The van der Waals surface area contributed by atoms with Crippen LogP contribution in [-0.2, 0) is 12.8 Å². The molecule has 4 nitrogen and oxygen atoms in total. The van der Waals surface area contributed by atoms with Crippen molar-refractivity contribution in [3.8, 4) is 11.5 Å². The van der Waals surface area contributed by atoms with Crippen molar-refractivity contribution in [3.63, 3.8) is 0 Å². The quantitative estimate of drug-likeness (QED) is 0.270. The van der Waals surface area contributed by atoms with Gasteiger partial charge in [0.25, 0.3) is 0 Å². The van der Waals surface area contributed by atoms with Crippen LogP contribution in [0.15, 0.2) is 36.4 Å². The van der Waals surface area contributed by atoms with Crippen LogP contribution in [0.2, 0.25) is 5.02 Å². The SMILES string of the molecule is CCCN(CCCCCCNCCc1ccc(OC)c(Cl)c1)C1Cc2cccc(OC)c2C(C)C1. The topological polar surface area (TPSA) is 33.7 Å². The number of hydrogen-bond donors (Lipinski definition) is 1. The molecule has 0 fully saturated rings. The van der Waals surface area contributed by atoms with Crippen LogP contribution in [-0.4, -0.2) is 51.3 Å². The highest BCUT2D eigenvalue weighted by molar-refractivity contribution is 6.32. The summed E-state index contributed by atoms with van der Waals surface area (Å²) in [5.74, 6) is 2.36. The minimum absolute atomic E-state index is 0.555. The molecule has 0 spiro atoms. The molecule has 1 N–H and O–H groups in total. The van der Waals surface area contributed by atoms with Gasteiger partial charge in [0.05, 0.1) is 19.2 Å². The van der Waals surface area contributed by atoms with E-state index in [1.54, 1.807) is 14.2 Å². The molecule has 0 saturated heterocycles. The lowest BCUT2D eigenvalue weighted by Gasteiger charge is -2.38. The predicted molar refractivity (Wildman–Crippen MR) is 148 cm³/mol. The minimum atomic E-state index is 0.555. The molecule has 2 atom stereocenters. The largest absolute Gasteiger partial charge is 0.496 e. The molecule has 0 aromatic heterocycles. The Hall–Kier alpha value is -1.75. The van der Waals surface area contributed by atoms with E-state index in [1.807, 2.05) is 12.1 Å². The van der Waals surface area contributed by atoms with Crippen LogP contribution in [0.1, 0.15) is 75.0 Å². The van der Waals surface area contributed by atoms with Crippen LogP contribution in [0.5, 0.6) is 11.5 Å². The third-order valence-electron chi connectivity index (χ3n) is 7.33. The lowest BCUT2D eigenvalue weighted by molar-refractivity contribution is 0.167. The normalized spacial score (nSPS) is 17.4. The summed E-state index contributed by atoms with van der Waals surface area (Å²) in [4.78, 5) is 2.76. The Morgan fingerprint density at radius 2 is 1.77 bits per heavy atom. The van der Waals surface area contributed by atoms with Crippen LogP contribution in [0, 0.1) is 0 Å². The van der Waals surface area contributed by atoms with Gasteiger partial charge in [-0.2, -0.15) is 0 Å². The van der Waals surface area contributed by atoms with Crippen molar-refractivity contribution < 1.29 is 9.47 Å². The average Bonchev–Trinajstić information content (AvgIpc) is 2.86. The third kappa shape index (κ3) is 8.13. The van der Waals surface area contributed by atoms with Crippen molar-refractivity contribution in [2.45, 2.75) is 77.2 Å². The summed E-state index contributed by atoms with van der Waals surface area (Å²) in [7, 11) is 3.45. The highest BCUT2D eigenvalue weighted by Crippen LogP contribution is 2.39. The van der Waals surface area contributed by atoms with Gasteiger partial charge in [-0.15, -0.1) is 0 Å². The number of halogens is 1. The van der Waals surface area contributed by atoms with E-state index in [1.165, 1.54) is 68.3 Å². The summed E-state index contributed by atoms with van der Waals surface area (Å²) >= 11 is 6.22. The number of methoxy groups -OCH3 is 2. The molecule has 194 valence electrons. The van der Waals surface area contributed by atoms with E-state index in [4.69, 9.17) is 21.1 Å². The minimum Gasteiger partial charge on any atom is -0.496 e. The van der Waals surface area contributed by atoms with E-state index in [-0.39, 0.29) is 0 Å². The van der Waals surface area contributed by atoms with E-state index in [9.17, 15) is 0 Å². The Morgan fingerprint density at radius 1 is 0.971 bits per heavy atom. The lowest BCUT2D eigenvalue weighted by Crippen LogP contribution is -2.41. The Labute approximate surface area is 218 Å². The van der Waals surface area contributed by atoms with Crippen molar-refractivity contribution in [2.75, 3.05) is 40.4 Å². The zero-order valence-electron chi connectivity index (χ0n) is 22.2. The molecular formula is C30H45ClN2O2. The molecular weight excluding hydrogens is 456 g/mol. The van der Waals surface area contributed by atoms with Crippen LogP contribution in [0.25, 0.3) is 0 Å². The molecule has 2 aromatic carbocycles. The van der Waals surface area contributed by atoms with Gasteiger partial charge in [-0.1, -0.05) is 56.5 Å². The number of unbranched alkanes of at least 4 members (excludes halogenated alkanes) is 3. The second-order valence-corrected chi connectivity index (χ2v) is 10.4. The van der Waals surface area contributed by atoms with E-state index < -0.39 is 0 Å². The summed E-state index contributed by atoms with van der Waals surface area (Å²) < 4.78 is 10.9. The van der Waals surface area contributed by atoms with Gasteiger partial charge in [-0.3, -0.25) is 0 Å². The zero-order valence-corrected chi connectivity index (χ0v) is 23.0. The predicted octanol–water partition coefficient (Wildman–Crippen LogP) is 6.88. The van der Waals surface area contributed by atoms with Gasteiger partial charge >= 0.3 is 0 Å². The van der Waals surface area contributed by atoms with Gasteiger partial charge in [0.15, 0.2) is 0 Å². The van der Waals surface area contributed by atoms with Crippen molar-refractivity contribution in [1.29, 1.82) is 0 Å². The van der Waals surface area contributed by atoms with Gasteiger partial charge in [-0.05, 0) is 99.9 Å². The number of nitrogens with zero attached hydrogens (tertiary/aromatic N) is 1. The van der Waals surface area contributed by atoms with Crippen molar-refractivity contribution in [1.82, 2.24) is 10.2 Å². The second kappa shape index (κ2) is 14.7. The van der Waals surface area contributed by atoms with Crippen LogP contribution >= 0.6 is 11.6 Å². The number of nitrogens with one attached hydrogen (secondary N) is 1. The first-order chi connectivity index (χ1) is 17.1. The van der Waals surface area contributed by atoms with Gasteiger partial charge in [0.2, 0.25) is 0 Å². The highest BCUT2D eigenvalue weighted by atomic mass is 35.5. The first-order valence-corrected chi connectivity index (χ1v) is 13.9. The molecule has 0 saturated carbocycles.